The average molecular weight is 312 g/mol. The maximum absolute atomic E-state index is 6.11. The van der Waals surface area contributed by atoms with Crippen LogP contribution in [-0.2, 0) is 4.74 Å². The first-order valence-corrected chi connectivity index (χ1v) is 7.16. The van der Waals surface area contributed by atoms with Crippen molar-refractivity contribution in [2.24, 2.45) is 0 Å². The van der Waals surface area contributed by atoms with E-state index in [9.17, 15) is 0 Å². The first-order chi connectivity index (χ1) is 10.8. The molecule has 4 heteroatoms. The third-order valence-electron chi connectivity index (χ3n) is 3.19. The highest BCUT2D eigenvalue weighted by Gasteiger charge is 2.11. The minimum Gasteiger partial charge on any atom is -0.504 e. The predicted octanol–water partition coefficient (Wildman–Crippen LogP) is 5.28. The van der Waals surface area contributed by atoms with Gasteiger partial charge < -0.3 is 9.15 Å². The number of oxazole rings is 1. The predicted molar refractivity (Wildman–Crippen MR) is 88.4 cm³/mol. The SMILES string of the molecule is CO/C=C/c1ccc(Cl)cc1-c1cnc(-c2ccccc2)o1. The molecular weight excluding hydrogens is 298 g/mol. The molecule has 0 atom stereocenters. The Morgan fingerprint density at radius 1 is 1.14 bits per heavy atom. The van der Waals surface area contributed by atoms with Crippen LogP contribution in [0.3, 0.4) is 0 Å². The van der Waals surface area contributed by atoms with Crippen LogP contribution in [0.15, 0.2) is 65.4 Å². The third-order valence-corrected chi connectivity index (χ3v) is 3.43. The lowest BCUT2D eigenvalue weighted by Gasteiger charge is -2.03. The Balaban J connectivity index is 2.03. The van der Waals surface area contributed by atoms with E-state index in [1.165, 1.54) is 0 Å². The number of nitrogens with zero attached hydrogens (tertiary/aromatic N) is 1. The summed E-state index contributed by atoms with van der Waals surface area (Å²) in [5, 5.41) is 0.641. The Morgan fingerprint density at radius 2 is 1.95 bits per heavy atom. The highest BCUT2D eigenvalue weighted by Crippen LogP contribution is 2.31. The van der Waals surface area contributed by atoms with Gasteiger partial charge in [-0.05, 0) is 35.9 Å². The lowest BCUT2D eigenvalue weighted by atomic mass is 10.1. The largest absolute Gasteiger partial charge is 0.504 e. The van der Waals surface area contributed by atoms with Gasteiger partial charge in [-0.1, -0.05) is 35.9 Å². The summed E-state index contributed by atoms with van der Waals surface area (Å²) in [7, 11) is 1.61. The van der Waals surface area contributed by atoms with E-state index in [4.69, 9.17) is 20.8 Å². The van der Waals surface area contributed by atoms with Crippen LogP contribution >= 0.6 is 11.6 Å². The van der Waals surface area contributed by atoms with Gasteiger partial charge in [0.05, 0.1) is 19.6 Å². The van der Waals surface area contributed by atoms with Crippen molar-refractivity contribution in [2.45, 2.75) is 0 Å². The van der Waals surface area contributed by atoms with Gasteiger partial charge in [0.25, 0.3) is 0 Å². The monoisotopic (exact) mass is 311 g/mol. The normalized spacial score (nSPS) is 11.0. The number of methoxy groups -OCH3 is 1. The van der Waals surface area contributed by atoms with Gasteiger partial charge in [0, 0.05) is 16.1 Å². The van der Waals surface area contributed by atoms with Gasteiger partial charge >= 0.3 is 0 Å². The molecule has 2 aromatic carbocycles. The minimum absolute atomic E-state index is 0.581. The van der Waals surface area contributed by atoms with Gasteiger partial charge in [0.2, 0.25) is 5.89 Å². The topological polar surface area (TPSA) is 35.3 Å². The minimum atomic E-state index is 0.581. The fourth-order valence-corrected chi connectivity index (χ4v) is 2.31. The maximum Gasteiger partial charge on any atom is 0.226 e. The molecule has 0 aliphatic heterocycles. The first kappa shape index (κ1) is 14.4. The van der Waals surface area contributed by atoms with Crippen molar-refractivity contribution in [3.63, 3.8) is 0 Å². The summed E-state index contributed by atoms with van der Waals surface area (Å²) in [4.78, 5) is 4.35. The molecule has 22 heavy (non-hydrogen) atoms. The van der Waals surface area contributed by atoms with Crippen LogP contribution in [0.1, 0.15) is 5.56 Å². The molecule has 0 N–H and O–H groups in total. The van der Waals surface area contributed by atoms with E-state index < -0.39 is 0 Å². The molecule has 1 aromatic heterocycles. The Hall–Kier alpha value is -2.52. The standard InChI is InChI=1S/C18H14ClNO2/c1-21-10-9-13-7-8-15(19)11-16(13)17-12-20-18(22-17)14-5-3-2-4-6-14/h2-12H,1H3/b10-9+. The van der Waals surface area contributed by atoms with Gasteiger partial charge in [0.15, 0.2) is 5.76 Å². The van der Waals surface area contributed by atoms with Gasteiger partial charge in [-0.15, -0.1) is 0 Å². The second-order valence-electron chi connectivity index (χ2n) is 4.67. The van der Waals surface area contributed by atoms with Crippen molar-refractivity contribution in [2.75, 3.05) is 7.11 Å². The van der Waals surface area contributed by atoms with E-state index in [2.05, 4.69) is 4.98 Å². The fourth-order valence-electron chi connectivity index (χ4n) is 2.14. The van der Waals surface area contributed by atoms with Gasteiger partial charge in [0.1, 0.15) is 0 Å². The van der Waals surface area contributed by atoms with E-state index in [0.29, 0.717) is 16.7 Å². The van der Waals surface area contributed by atoms with Crippen LogP contribution in [-0.4, -0.2) is 12.1 Å². The van der Waals surface area contributed by atoms with Crippen LogP contribution in [0.4, 0.5) is 0 Å². The molecule has 3 nitrogen and oxygen atoms in total. The number of halogens is 1. The summed E-state index contributed by atoms with van der Waals surface area (Å²) in [6, 6.07) is 15.4. The number of hydrogen-bond acceptors (Lipinski definition) is 3. The number of aromatic nitrogens is 1. The summed E-state index contributed by atoms with van der Waals surface area (Å²) in [6.45, 7) is 0. The Labute approximate surface area is 133 Å². The summed E-state index contributed by atoms with van der Waals surface area (Å²) in [5.41, 5.74) is 2.75. The third kappa shape index (κ3) is 3.05. The van der Waals surface area contributed by atoms with Crippen LogP contribution < -0.4 is 0 Å². The number of ether oxygens (including phenoxy) is 1. The molecule has 0 amide bonds. The van der Waals surface area contributed by atoms with Crippen LogP contribution in [0.5, 0.6) is 0 Å². The highest BCUT2D eigenvalue weighted by atomic mass is 35.5. The molecule has 0 radical (unpaired) electrons. The van der Waals surface area contributed by atoms with Crippen molar-refractivity contribution in [1.29, 1.82) is 0 Å². The van der Waals surface area contributed by atoms with Crippen molar-refractivity contribution >= 4 is 17.7 Å². The molecule has 0 saturated carbocycles. The van der Waals surface area contributed by atoms with Crippen molar-refractivity contribution in [1.82, 2.24) is 4.98 Å². The zero-order valence-electron chi connectivity index (χ0n) is 12.0. The lowest BCUT2D eigenvalue weighted by molar-refractivity contribution is 0.341. The Bertz CT molecular complexity index is 794. The number of hydrogen-bond donors (Lipinski definition) is 0. The molecular formula is C18H14ClNO2. The molecule has 3 rings (SSSR count). The van der Waals surface area contributed by atoms with E-state index >= 15 is 0 Å². The Kier molecular flexibility index (Phi) is 4.26. The number of benzene rings is 2. The first-order valence-electron chi connectivity index (χ1n) is 6.78. The smallest absolute Gasteiger partial charge is 0.226 e. The second kappa shape index (κ2) is 6.50. The van der Waals surface area contributed by atoms with Gasteiger partial charge in [-0.3, -0.25) is 0 Å². The van der Waals surface area contributed by atoms with Crippen molar-refractivity contribution < 1.29 is 9.15 Å². The maximum atomic E-state index is 6.11. The molecule has 0 aliphatic carbocycles. The van der Waals surface area contributed by atoms with E-state index in [1.807, 2.05) is 54.6 Å². The summed E-state index contributed by atoms with van der Waals surface area (Å²) >= 11 is 6.11. The quantitative estimate of drug-likeness (QED) is 0.615. The van der Waals surface area contributed by atoms with Crippen molar-refractivity contribution in [3.05, 3.63) is 71.6 Å². The van der Waals surface area contributed by atoms with E-state index in [-0.39, 0.29) is 0 Å². The lowest BCUT2D eigenvalue weighted by Crippen LogP contribution is -1.82. The fraction of sp³-hybridized carbons (Fsp3) is 0.0556. The van der Waals surface area contributed by atoms with Crippen molar-refractivity contribution in [3.8, 4) is 22.8 Å². The molecule has 0 aliphatic rings. The second-order valence-corrected chi connectivity index (χ2v) is 5.10. The van der Waals surface area contributed by atoms with E-state index in [0.717, 1.165) is 16.7 Å². The number of rotatable bonds is 4. The zero-order valence-corrected chi connectivity index (χ0v) is 12.7. The molecule has 1 heterocycles. The Morgan fingerprint density at radius 3 is 2.73 bits per heavy atom. The molecule has 0 saturated heterocycles. The van der Waals surface area contributed by atoms with E-state index in [1.54, 1.807) is 19.6 Å². The van der Waals surface area contributed by atoms with Crippen LogP contribution in [0, 0.1) is 0 Å². The zero-order chi connectivity index (χ0) is 15.4. The van der Waals surface area contributed by atoms with Gasteiger partial charge in [-0.25, -0.2) is 4.98 Å². The molecule has 0 spiro atoms. The molecule has 3 aromatic rings. The summed E-state index contributed by atoms with van der Waals surface area (Å²) in [6.07, 6.45) is 5.18. The van der Waals surface area contributed by atoms with Crippen LogP contribution in [0.25, 0.3) is 28.9 Å². The van der Waals surface area contributed by atoms with Crippen LogP contribution in [0.2, 0.25) is 5.02 Å². The highest BCUT2D eigenvalue weighted by molar-refractivity contribution is 6.30. The summed E-state index contributed by atoms with van der Waals surface area (Å²) in [5.74, 6) is 1.24. The average Bonchev–Trinajstić information content (AvgIpc) is 3.04. The molecule has 0 unspecified atom stereocenters. The molecule has 0 bridgehead atoms. The molecule has 110 valence electrons. The van der Waals surface area contributed by atoms with Gasteiger partial charge in [-0.2, -0.15) is 0 Å². The molecule has 0 fully saturated rings. The summed E-state index contributed by atoms with van der Waals surface area (Å²) < 4.78 is 10.9.